The third kappa shape index (κ3) is 4.15. The van der Waals surface area contributed by atoms with Gasteiger partial charge in [0.2, 0.25) is 0 Å². The third-order valence-corrected chi connectivity index (χ3v) is 6.33. The number of aromatic nitrogens is 4. The van der Waals surface area contributed by atoms with Crippen LogP contribution in [0.4, 0.5) is 11.5 Å². The van der Waals surface area contributed by atoms with Gasteiger partial charge in [-0.3, -0.25) is 4.68 Å². The summed E-state index contributed by atoms with van der Waals surface area (Å²) in [6.07, 6.45) is 6.72. The molecule has 0 saturated carbocycles. The van der Waals surface area contributed by atoms with Crippen LogP contribution in [-0.2, 0) is 17.4 Å². The van der Waals surface area contributed by atoms with Crippen molar-refractivity contribution in [3.63, 3.8) is 0 Å². The molecule has 8 heteroatoms. The van der Waals surface area contributed by atoms with E-state index in [-0.39, 0.29) is 6.23 Å². The highest BCUT2D eigenvalue weighted by atomic mass is 16.5. The van der Waals surface area contributed by atoms with Gasteiger partial charge in [-0.15, -0.1) is 0 Å². The lowest BCUT2D eigenvalue weighted by atomic mass is 9.97. The Bertz CT molecular complexity index is 1310. The molecule has 1 aliphatic rings. The van der Waals surface area contributed by atoms with E-state index in [1.807, 2.05) is 60.5 Å². The molecule has 0 bridgehead atoms. The van der Waals surface area contributed by atoms with Crippen LogP contribution in [0.1, 0.15) is 44.9 Å². The molecule has 5 rings (SSSR count). The van der Waals surface area contributed by atoms with Crippen molar-refractivity contribution in [2.75, 3.05) is 19.0 Å². The van der Waals surface area contributed by atoms with Crippen LogP contribution in [0.25, 0.3) is 22.0 Å². The average Bonchev–Trinajstić information content (AvgIpc) is 3.42. The second-order valence-corrected chi connectivity index (χ2v) is 9.32. The Morgan fingerprint density at radius 3 is 2.74 bits per heavy atom. The fraction of sp³-hybridized carbons (Fsp3) is 0.385. The zero-order valence-corrected chi connectivity index (χ0v) is 20.1. The van der Waals surface area contributed by atoms with Crippen LogP contribution in [0.15, 0.2) is 48.8 Å². The summed E-state index contributed by atoms with van der Waals surface area (Å²) >= 11 is 0. The number of aliphatic hydroxyl groups is 1. The summed E-state index contributed by atoms with van der Waals surface area (Å²) in [7, 11) is 3.56. The van der Waals surface area contributed by atoms with E-state index < -0.39 is 5.60 Å². The van der Waals surface area contributed by atoms with Crippen LogP contribution < -0.4 is 10.1 Å². The van der Waals surface area contributed by atoms with Crippen LogP contribution in [-0.4, -0.2) is 38.4 Å². The van der Waals surface area contributed by atoms with Crippen molar-refractivity contribution in [2.24, 2.45) is 7.05 Å². The number of rotatable bonds is 6. The molecular weight excluding hydrogens is 430 g/mol. The molecule has 0 radical (unpaired) electrons. The van der Waals surface area contributed by atoms with Gasteiger partial charge in [-0.2, -0.15) is 10.2 Å². The fourth-order valence-electron chi connectivity index (χ4n) is 4.52. The first-order valence-corrected chi connectivity index (χ1v) is 11.6. The Labute approximate surface area is 199 Å². The molecule has 0 amide bonds. The molecule has 0 spiro atoms. The monoisotopic (exact) mass is 461 g/mol. The van der Waals surface area contributed by atoms with E-state index in [1.54, 1.807) is 25.6 Å². The minimum absolute atomic E-state index is 0.132. The van der Waals surface area contributed by atoms with Gasteiger partial charge in [0, 0.05) is 36.4 Å². The van der Waals surface area contributed by atoms with Gasteiger partial charge in [0.1, 0.15) is 5.75 Å². The maximum Gasteiger partial charge on any atom is 0.160 e. The third-order valence-electron chi connectivity index (χ3n) is 6.33. The highest BCUT2D eigenvalue weighted by Crippen LogP contribution is 2.40. The highest BCUT2D eigenvalue weighted by Gasteiger charge is 2.24. The van der Waals surface area contributed by atoms with Crippen molar-refractivity contribution in [2.45, 2.75) is 44.9 Å². The van der Waals surface area contributed by atoms with E-state index in [9.17, 15) is 5.11 Å². The molecule has 1 aliphatic heterocycles. The molecule has 178 valence electrons. The summed E-state index contributed by atoms with van der Waals surface area (Å²) in [6, 6.07) is 12.0. The summed E-state index contributed by atoms with van der Waals surface area (Å²) in [6.45, 7) is 4.31. The number of methoxy groups -OCH3 is 1. The summed E-state index contributed by atoms with van der Waals surface area (Å²) in [5.74, 6) is 1.44. The molecule has 1 fully saturated rings. The second-order valence-electron chi connectivity index (χ2n) is 9.32. The first-order chi connectivity index (χ1) is 16.3. The number of benzene rings is 2. The van der Waals surface area contributed by atoms with E-state index in [4.69, 9.17) is 14.6 Å². The van der Waals surface area contributed by atoms with E-state index in [1.165, 1.54) is 0 Å². The number of hydrogen-bond acceptors (Lipinski definition) is 6. The molecule has 8 nitrogen and oxygen atoms in total. The molecule has 1 atom stereocenters. The lowest BCUT2D eigenvalue weighted by molar-refractivity contribution is -0.0365. The SMILES string of the molecule is COc1c(Nc2nn(C3CCCCO3)c3cc(C(C)(C)O)ccc23)cccc1-c1cnn(C)c1. The highest BCUT2D eigenvalue weighted by molar-refractivity contribution is 5.94. The van der Waals surface area contributed by atoms with E-state index >= 15 is 0 Å². The quantitative estimate of drug-likeness (QED) is 0.415. The van der Waals surface area contributed by atoms with Gasteiger partial charge in [0.15, 0.2) is 12.0 Å². The van der Waals surface area contributed by atoms with Crippen molar-refractivity contribution in [3.05, 3.63) is 54.4 Å². The van der Waals surface area contributed by atoms with Crippen LogP contribution in [0.2, 0.25) is 0 Å². The lowest BCUT2D eigenvalue weighted by Gasteiger charge is -2.24. The van der Waals surface area contributed by atoms with Gasteiger partial charge >= 0.3 is 0 Å². The Morgan fingerprint density at radius 2 is 2.06 bits per heavy atom. The van der Waals surface area contributed by atoms with Crippen LogP contribution in [0.5, 0.6) is 5.75 Å². The van der Waals surface area contributed by atoms with Gasteiger partial charge < -0.3 is 19.9 Å². The van der Waals surface area contributed by atoms with E-state index in [0.29, 0.717) is 5.82 Å². The molecule has 34 heavy (non-hydrogen) atoms. The maximum absolute atomic E-state index is 10.6. The predicted molar refractivity (Wildman–Crippen MR) is 132 cm³/mol. The van der Waals surface area contributed by atoms with Gasteiger partial charge in [0.25, 0.3) is 0 Å². The number of anilines is 2. The Kier molecular flexibility index (Phi) is 5.79. The van der Waals surface area contributed by atoms with Crippen molar-refractivity contribution in [1.82, 2.24) is 19.6 Å². The number of aryl methyl sites for hydroxylation is 1. The molecule has 1 saturated heterocycles. The summed E-state index contributed by atoms with van der Waals surface area (Å²) in [4.78, 5) is 0. The topological polar surface area (TPSA) is 86.4 Å². The van der Waals surface area contributed by atoms with E-state index in [2.05, 4.69) is 10.4 Å². The van der Waals surface area contributed by atoms with Crippen molar-refractivity contribution in [3.8, 4) is 16.9 Å². The van der Waals surface area contributed by atoms with Crippen LogP contribution >= 0.6 is 0 Å². The zero-order chi connectivity index (χ0) is 23.9. The average molecular weight is 462 g/mol. The standard InChI is InChI=1S/C26H31N5O3/c1-26(2,32)18-11-12-20-22(14-18)31(23-10-5-6-13-34-23)29-25(20)28-21-9-7-8-19(24(21)33-4)17-15-27-30(3)16-17/h7-9,11-12,14-16,23,32H,5-6,10,13H2,1-4H3,(H,28,29). The largest absolute Gasteiger partial charge is 0.494 e. The van der Waals surface area contributed by atoms with Crippen molar-refractivity contribution >= 4 is 22.4 Å². The van der Waals surface area contributed by atoms with E-state index in [0.717, 1.165) is 64.9 Å². The normalized spacial score (nSPS) is 16.7. The number of para-hydroxylation sites is 1. The number of nitrogens with one attached hydrogen (secondary N) is 1. The van der Waals surface area contributed by atoms with Gasteiger partial charge in [-0.25, -0.2) is 4.68 Å². The maximum atomic E-state index is 10.6. The Hall–Kier alpha value is -3.36. The molecule has 3 heterocycles. The lowest BCUT2D eigenvalue weighted by Crippen LogP contribution is -2.20. The summed E-state index contributed by atoms with van der Waals surface area (Å²) in [5.41, 5.74) is 3.54. The number of hydrogen-bond donors (Lipinski definition) is 2. The predicted octanol–water partition coefficient (Wildman–Crippen LogP) is 5.12. The van der Waals surface area contributed by atoms with Gasteiger partial charge in [0.05, 0.1) is 30.1 Å². The smallest absolute Gasteiger partial charge is 0.160 e. The molecule has 2 N–H and O–H groups in total. The second kappa shape index (κ2) is 8.77. The number of nitrogens with zero attached hydrogens (tertiary/aromatic N) is 4. The van der Waals surface area contributed by atoms with Gasteiger partial charge in [-0.05, 0) is 56.9 Å². The first-order valence-electron chi connectivity index (χ1n) is 11.6. The molecule has 1 unspecified atom stereocenters. The van der Waals surface area contributed by atoms with Crippen molar-refractivity contribution in [1.29, 1.82) is 0 Å². The molecule has 4 aromatic rings. The number of fused-ring (bicyclic) bond motifs is 1. The summed E-state index contributed by atoms with van der Waals surface area (Å²) in [5, 5.41) is 24.3. The fourth-order valence-corrected chi connectivity index (χ4v) is 4.52. The summed E-state index contributed by atoms with van der Waals surface area (Å²) < 4.78 is 15.6. The molecule has 0 aliphatic carbocycles. The van der Waals surface area contributed by atoms with Gasteiger partial charge in [-0.1, -0.05) is 18.2 Å². The minimum atomic E-state index is -0.953. The zero-order valence-electron chi connectivity index (χ0n) is 20.1. The Morgan fingerprint density at radius 1 is 1.21 bits per heavy atom. The van der Waals surface area contributed by atoms with Crippen LogP contribution in [0, 0.1) is 0 Å². The first kappa shape index (κ1) is 22.4. The minimum Gasteiger partial charge on any atom is -0.494 e. The molecular formula is C26H31N5O3. The molecule has 2 aromatic carbocycles. The van der Waals surface area contributed by atoms with Crippen molar-refractivity contribution < 1.29 is 14.6 Å². The number of ether oxygens (including phenoxy) is 2. The Balaban J connectivity index is 1.60. The molecule has 2 aromatic heterocycles. The van der Waals surface area contributed by atoms with Crippen LogP contribution in [0.3, 0.4) is 0 Å².